The Hall–Kier alpha value is -3.66. The van der Waals surface area contributed by atoms with Gasteiger partial charge in [0.2, 0.25) is 5.91 Å². The normalized spacial score (nSPS) is 13.3. The molecular weight excluding hydrogens is 466 g/mol. The predicted octanol–water partition coefficient (Wildman–Crippen LogP) is 3.56. The highest BCUT2D eigenvalue weighted by Crippen LogP contribution is 2.31. The van der Waals surface area contributed by atoms with Gasteiger partial charge < -0.3 is 29.3 Å². The van der Waals surface area contributed by atoms with Crippen LogP contribution in [0.1, 0.15) is 0 Å². The number of thioether (sulfide) groups is 1. The van der Waals surface area contributed by atoms with Crippen LogP contribution in [0.5, 0.6) is 17.2 Å². The summed E-state index contributed by atoms with van der Waals surface area (Å²) in [6.45, 7) is 3.39. The van der Waals surface area contributed by atoms with Crippen molar-refractivity contribution < 1.29 is 19.0 Å². The van der Waals surface area contributed by atoms with Crippen LogP contribution in [-0.2, 0) is 4.79 Å². The van der Waals surface area contributed by atoms with Crippen molar-refractivity contribution in [1.29, 1.82) is 0 Å². The first-order chi connectivity index (χ1) is 17.1. The van der Waals surface area contributed by atoms with Crippen LogP contribution >= 0.6 is 11.8 Å². The van der Waals surface area contributed by atoms with Gasteiger partial charge >= 0.3 is 0 Å². The van der Waals surface area contributed by atoms with E-state index < -0.39 is 0 Å². The highest BCUT2D eigenvalue weighted by Gasteiger charge is 2.21. The number of aromatic nitrogens is 2. The zero-order chi connectivity index (χ0) is 24.6. The Labute approximate surface area is 209 Å². The fourth-order valence-corrected chi connectivity index (χ4v) is 4.51. The van der Waals surface area contributed by atoms with Gasteiger partial charge in [0.25, 0.3) is 0 Å². The molecule has 1 N–H and O–H groups in total. The molecule has 0 aliphatic carbocycles. The molecule has 1 aromatic heterocycles. The van der Waals surface area contributed by atoms with Crippen molar-refractivity contribution in [1.82, 2.24) is 9.97 Å². The third-order valence-corrected chi connectivity index (χ3v) is 6.51. The van der Waals surface area contributed by atoms with Crippen molar-refractivity contribution in [2.24, 2.45) is 0 Å². The highest BCUT2D eigenvalue weighted by molar-refractivity contribution is 7.99. The van der Waals surface area contributed by atoms with Gasteiger partial charge in [-0.3, -0.25) is 4.79 Å². The van der Waals surface area contributed by atoms with E-state index in [1.807, 2.05) is 24.3 Å². The second kappa shape index (κ2) is 11.7. The fraction of sp³-hybridized carbons (Fsp3) is 0.320. The molecule has 4 rings (SSSR count). The number of hydrogen-bond donors (Lipinski definition) is 1. The summed E-state index contributed by atoms with van der Waals surface area (Å²) < 4.78 is 16.0. The predicted molar refractivity (Wildman–Crippen MR) is 138 cm³/mol. The number of piperazine rings is 1. The molecule has 1 fully saturated rings. The first kappa shape index (κ1) is 24.5. The zero-order valence-electron chi connectivity index (χ0n) is 20.1. The Balaban J connectivity index is 1.31. The molecule has 1 aliphatic rings. The van der Waals surface area contributed by atoms with Crippen molar-refractivity contribution in [2.45, 2.75) is 5.16 Å². The lowest BCUT2D eigenvalue weighted by Crippen LogP contribution is -2.47. The Morgan fingerprint density at radius 1 is 0.914 bits per heavy atom. The molecule has 2 heterocycles. The van der Waals surface area contributed by atoms with Gasteiger partial charge in [0.15, 0.2) is 16.7 Å². The highest BCUT2D eigenvalue weighted by atomic mass is 32.2. The molecule has 35 heavy (non-hydrogen) atoms. The average molecular weight is 496 g/mol. The third-order valence-electron chi connectivity index (χ3n) is 5.65. The fourth-order valence-electron chi connectivity index (χ4n) is 3.89. The second-order valence-electron chi connectivity index (χ2n) is 7.75. The van der Waals surface area contributed by atoms with E-state index in [2.05, 4.69) is 31.2 Å². The van der Waals surface area contributed by atoms with Crippen molar-refractivity contribution in [3.05, 3.63) is 54.7 Å². The molecule has 2 aromatic carbocycles. The molecule has 10 heteroatoms. The topological polar surface area (TPSA) is 89.1 Å². The number of methoxy groups -OCH3 is 3. The van der Waals surface area contributed by atoms with Gasteiger partial charge in [-0.1, -0.05) is 23.9 Å². The summed E-state index contributed by atoms with van der Waals surface area (Å²) in [7, 11) is 4.83. The van der Waals surface area contributed by atoms with Crippen LogP contribution < -0.4 is 29.3 Å². The van der Waals surface area contributed by atoms with Crippen LogP contribution in [0.25, 0.3) is 0 Å². The van der Waals surface area contributed by atoms with Crippen LogP contribution in [0, 0.1) is 0 Å². The van der Waals surface area contributed by atoms with Gasteiger partial charge in [-0.15, -0.1) is 0 Å². The van der Waals surface area contributed by atoms with Crippen molar-refractivity contribution in [3.63, 3.8) is 0 Å². The standard InChI is InChI=1S/C25H29N5O4S/c1-32-20-7-5-4-6-19(20)29-12-14-30(15-13-29)23-10-11-26-25(28-23)35-17-24(31)27-18-8-9-21(33-2)22(16-18)34-3/h4-11,16H,12-15,17H2,1-3H3,(H,27,31). The number of ether oxygens (including phenoxy) is 3. The number of hydrogen-bond acceptors (Lipinski definition) is 9. The number of rotatable bonds is 9. The summed E-state index contributed by atoms with van der Waals surface area (Å²) in [6.07, 6.45) is 1.74. The summed E-state index contributed by atoms with van der Waals surface area (Å²) in [6, 6.07) is 15.2. The molecule has 0 spiro atoms. The third kappa shape index (κ3) is 6.07. The largest absolute Gasteiger partial charge is 0.495 e. The summed E-state index contributed by atoms with van der Waals surface area (Å²) in [4.78, 5) is 26.0. The molecule has 1 amide bonds. The van der Waals surface area contributed by atoms with E-state index in [9.17, 15) is 4.79 Å². The maximum atomic E-state index is 12.5. The number of anilines is 3. The lowest BCUT2D eigenvalue weighted by molar-refractivity contribution is -0.113. The van der Waals surface area contributed by atoms with Gasteiger partial charge in [0, 0.05) is 44.1 Å². The van der Waals surface area contributed by atoms with Gasteiger partial charge in [0.05, 0.1) is 32.8 Å². The minimum atomic E-state index is -0.151. The molecule has 0 saturated carbocycles. The van der Waals surface area contributed by atoms with Crippen LogP contribution in [-0.4, -0.2) is 69.1 Å². The SMILES string of the molecule is COc1ccc(NC(=O)CSc2nccc(N3CCN(c4ccccc4OC)CC3)n2)cc1OC. The molecule has 1 saturated heterocycles. The molecule has 3 aromatic rings. The Morgan fingerprint density at radius 2 is 1.63 bits per heavy atom. The van der Waals surface area contributed by atoms with E-state index in [4.69, 9.17) is 14.2 Å². The average Bonchev–Trinajstić information content (AvgIpc) is 2.92. The summed E-state index contributed by atoms with van der Waals surface area (Å²) in [5.74, 6) is 2.95. The number of amides is 1. The molecule has 0 bridgehead atoms. The van der Waals surface area contributed by atoms with Crippen LogP contribution in [0.3, 0.4) is 0 Å². The Kier molecular flexibility index (Phi) is 8.15. The quantitative estimate of drug-likeness (QED) is 0.354. The molecule has 9 nitrogen and oxygen atoms in total. The Bertz CT molecular complexity index is 1150. The first-order valence-electron chi connectivity index (χ1n) is 11.2. The minimum Gasteiger partial charge on any atom is -0.495 e. The maximum Gasteiger partial charge on any atom is 0.234 e. The zero-order valence-corrected chi connectivity index (χ0v) is 20.9. The lowest BCUT2D eigenvalue weighted by atomic mass is 10.2. The van der Waals surface area contributed by atoms with Gasteiger partial charge in [-0.2, -0.15) is 0 Å². The minimum absolute atomic E-state index is 0.151. The molecule has 0 radical (unpaired) electrons. The molecule has 0 unspecified atom stereocenters. The van der Waals surface area contributed by atoms with Gasteiger partial charge in [-0.25, -0.2) is 9.97 Å². The van der Waals surface area contributed by atoms with Crippen LogP contribution in [0.2, 0.25) is 0 Å². The van der Waals surface area contributed by atoms with Gasteiger partial charge in [-0.05, 0) is 30.3 Å². The molecule has 1 aliphatic heterocycles. The van der Waals surface area contributed by atoms with Crippen LogP contribution in [0.4, 0.5) is 17.2 Å². The first-order valence-corrected chi connectivity index (χ1v) is 12.2. The number of para-hydroxylation sites is 2. The number of nitrogens with one attached hydrogen (secondary N) is 1. The molecule has 184 valence electrons. The number of carbonyl (C=O) groups is 1. The number of carbonyl (C=O) groups excluding carboxylic acids is 1. The number of benzene rings is 2. The maximum absolute atomic E-state index is 12.5. The van der Waals surface area contributed by atoms with Crippen molar-refractivity contribution >= 4 is 34.9 Å². The second-order valence-corrected chi connectivity index (χ2v) is 8.69. The van der Waals surface area contributed by atoms with Gasteiger partial charge in [0.1, 0.15) is 11.6 Å². The van der Waals surface area contributed by atoms with E-state index in [1.54, 1.807) is 45.7 Å². The summed E-state index contributed by atoms with van der Waals surface area (Å²) in [5, 5.41) is 3.44. The van der Waals surface area contributed by atoms with E-state index in [-0.39, 0.29) is 11.7 Å². The Morgan fingerprint density at radius 3 is 2.37 bits per heavy atom. The summed E-state index contributed by atoms with van der Waals surface area (Å²) in [5.41, 5.74) is 1.74. The van der Waals surface area contributed by atoms with Crippen LogP contribution in [0.15, 0.2) is 59.9 Å². The number of nitrogens with zero attached hydrogens (tertiary/aromatic N) is 4. The monoisotopic (exact) mass is 495 g/mol. The van der Waals surface area contributed by atoms with E-state index in [0.29, 0.717) is 22.3 Å². The van der Waals surface area contributed by atoms with E-state index in [1.165, 1.54) is 11.8 Å². The van der Waals surface area contributed by atoms with Crippen molar-refractivity contribution in [3.8, 4) is 17.2 Å². The van der Waals surface area contributed by atoms with E-state index in [0.717, 1.165) is 43.4 Å². The smallest absolute Gasteiger partial charge is 0.234 e. The molecule has 0 atom stereocenters. The van der Waals surface area contributed by atoms with E-state index >= 15 is 0 Å². The van der Waals surface area contributed by atoms with Crippen molar-refractivity contribution in [2.75, 3.05) is 68.4 Å². The molecular formula is C25H29N5O4S. The lowest BCUT2D eigenvalue weighted by Gasteiger charge is -2.37. The summed E-state index contributed by atoms with van der Waals surface area (Å²) >= 11 is 1.30.